The van der Waals surface area contributed by atoms with Crippen LogP contribution in [-0.2, 0) is 10.0 Å². The highest BCUT2D eigenvalue weighted by molar-refractivity contribution is 7.89. The van der Waals surface area contributed by atoms with Gasteiger partial charge in [0, 0.05) is 17.0 Å². The van der Waals surface area contributed by atoms with Gasteiger partial charge in [0.2, 0.25) is 10.0 Å². The summed E-state index contributed by atoms with van der Waals surface area (Å²) in [5.74, 6) is -2.45. The van der Waals surface area contributed by atoms with Crippen LogP contribution in [-0.4, -0.2) is 20.0 Å². The van der Waals surface area contributed by atoms with Crippen LogP contribution < -0.4 is 4.72 Å². The van der Waals surface area contributed by atoms with Crippen molar-refractivity contribution in [1.29, 1.82) is 0 Å². The number of carbonyl (C=O) groups is 2. The molecule has 5 nitrogen and oxygen atoms in total. The number of hydrogen-bond donors (Lipinski definition) is 1. The second kappa shape index (κ2) is 12.1. The third-order valence-electron chi connectivity index (χ3n) is 6.44. The van der Waals surface area contributed by atoms with E-state index in [0.717, 1.165) is 5.56 Å². The maximum atomic E-state index is 14.4. The van der Waals surface area contributed by atoms with Crippen LogP contribution in [0.5, 0.6) is 0 Å². The predicted octanol–water partition coefficient (Wildman–Crippen LogP) is 6.48. The SMILES string of the molecule is C=C(C[C@H](C(=O)c1ccccc1)[C@H](NS(=O)(=O)c1ccc(C)cc1)c1cccc(F)c1)C(=O)c1ccccc1. The van der Waals surface area contributed by atoms with E-state index in [9.17, 15) is 22.4 Å². The number of allylic oxidation sites excluding steroid dienone is 1. The Labute approximate surface area is 228 Å². The molecule has 4 aromatic rings. The molecule has 39 heavy (non-hydrogen) atoms. The maximum Gasteiger partial charge on any atom is 0.241 e. The van der Waals surface area contributed by atoms with E-state index in [1.165, 1.54) is 30.3 Å². The van der Waals surface area contributed by atoms with E-state index in [1.807, 2.05) is 6.92 Å². The Morgan fingerprint density at radius 3 is 2.00 bits per heavy atom. The molecule has 0 saturated heterocycles. The fourth-order valence-electron chi connectivity index (χ4n) is 4.37. The van der Waals surface area contributed by atoms with Crippen molar-refractivity contribution in [2.75, 3.05) is 0 Å². The summed E-state index contributed by atoms with van der Waals surface area (Å²) in [6.45, 7) is 5.79. The zero-order valence-electron chi connectivity index (χ0n) is 21.4. The number of benzene rings is 4. The van der Waals surface area contributed by atoms with Gasteiger partial charge in [0.25, 0.3) is 0 Å². The molecule has 0 aliphatic heterocycles. The Balaban J connectivity index is 1.80. The Hall–Kier alpha value is -4.20. The summed E-state index contributed by atoms with van der Waals surface area (Å²) in [6, 6.07) is 27.4. The van der Waals surface area contributed by atoms with Crippen LogP contribution in [0.1, 0.15) is 44.3 Å². The van der Waals surface area contributed by atoms with Crippen LogP contribution in [0.2, 0.25) is 0 Å². The molecule has 2 atom stereocenters. The Morgan fingerprint density at radius 1 is 0.821 bits per heavy atom. The minimum atomic E-state index is -4.15. The normalized spacial score (nSPS) is 12.9. The number of sulfonamides is 1. The van der Waals surface area contributed by atoms with Gasteiger partial charge in [-0.1, -0.05) is 97.1 Å². The number of ketones is 2. The van der Waals surface area contributed by atoms with E-state index in [0.29, 0.717) is 11.1 Å². The highest BCUT2D eigenvalue weighted by Gasteiger charge is 2.35. The van der Waals surface area contributed by atoms with Crippen LogP contribution in [0.15, 0.2) is 126 Å². The lowest BCUT2D eigenvalue weighted by Crippen LogP contribution is -2.37. The molecular weight excluding hydrogens is 513 g/mol. The second-order valence-corrected chi connectivity index (χ2v) is 11.0. The molecule has 0 aliphatic carbocycles. The average Bonchev–Trinajstić information content (AvgIpc) is 2.95. The summed E-state index contributed by atoms with van der Waals surface area (Å²) in [7, 11) is -4.15. The van der Waals surface area contributed by atoms with Gasteiger partial charge in [-0.05, 0) is 48.7 Å². The number of aryl methyl sites for hydroxylation is 1. The first-order valence-corrected chi connectivity index (χ1v) is 13.9. The van der Waals surface area contributed by atoms with Gasteiger partial charge in [-0.15, -0.1) is 0 Å². The van der Waals surface area contributed by atoms with Gasteiger partial charge in [-0.2, -0.15) is 0 Å². The Morgan fingerprint density at radius 2 is 1.41 bits per heavy atom. The van der Waals surface area contributed by atoms with E-state index in [4.69, 9.17) is 0 Å². The van der Waals surface area contributed by atoms with Crippen LogP contribution in [0.3, 0.4) is 0 Å². The largest absolute Gasteiger partial charge is 0.294 e. The number of Topliss-reactive ketones (excluding diaryl/α,β-unsaturated/α-hetero) is 2. The molecule has 0 radical (unpaired) electrons. The van der Waals surface area contributed by atoms with Gasteiger partial charge in [-0.25, -0.2) is 17.5 Å². The zero-order valence-corrected chi connectivity index (χ0v) is 22.2. The first-order valence-electron chi connectivity index (χ1n) is 12.4. The van der Waals surface area contributed by atoms with E-state index in [2.05, 4.69) is 11.3 Å². The minimum absolute atomic E-state index is 0.000369. The summed E-state index contributed by atoms with van der Waals surface area (Å²) in [5.41, 5.74) is 1.99. The van der Waals surface area contributed by atoms with Crippen LogP contribution in [0, 0.1) is 18.7 Å². The lowest BCUT2D eigenvalue weighted by atomic mass is 9.81. The Bertz CT molecular complexity index is 1580. The van der Waals surface area contributed by atoms with Crippen LogP contribution >= 0.6 is 0 Å². The average molecular weight is 542 g/mol. The van der Waals surface area contributed by atoms with Gasteiger partial charge in [0.15, 0.2) is 11.6 Å². The molecule has 0 bridgehead atoms. The van der Waals surface area contributed by atoms with Gasteiger partial charge in [0.1, 0.15) is 5.82 Å². The first kappa shape index (κ1) is 27.8. The molecule has 0 amide bonds. The molecule has 4 rings (SSSR count). The maximum absolute atomic E-state index is 14.4. The van der Waals surface area contributed by atoms with E-state index >= 15 is 0 Å². The minimum Gasteiger partial charge on any atom is -0.294 e. The van der Waals surface area contributed by atoms with Crippen molar-refractivity contribution in [2.24, 2.45) is 5.92 Å². The molecule has 0 spiro atoms. The molecular formula is C32H28FNO4S. The monoisotopic (exact) mass is 541 g/mol. The fraction of sp³-hybridized carbons (Fsp3) is 0.125. The number of halogens is 1. The van der Waals surface area contributed by atoms with Crippen molar-refractivity contribution in [3.63, 3.8) is 0 Å². The number of carbonyl (C=O) groups excluding carboxylic acids is 2. The van der Waals surface area contributed by atoms with E-state index < -0.39 is 33.6 Å². The van der Waals surface area contributed by atoms with Gasteiger partial charge in [-0.3, -0.25) is 9.59 Å². The van der Waals surface area contributed by atoms with Crippen molar-refractivity contribution in [3.8, 4) is 0 Å². The van der Waals surface area contributed by atoms with Crippen molar-refractivity contribution in [3.05, 3.63) is 149 Å². The quantitative estimate of drug-likeness (QED) is 0.174. The molecule has 0 saturated carbocycles. The van der Waals surface area contributed by atoms with Crippen molar-refractivity contribution >= 4 is 21.6 Å². The highest BCUT2D eigenvalue weighted by atomic mass is 32.2. The molecule has 4 aromatic carbocycles. The van der Waals surface area contributed by atoms with Crippen LogP contribution in [0.4, 0.5) is 4.39 Å². The highest BCUT2D eigenvalue weighted by Crippen LogP contribution is 2.33. The number of nitrogens with one attached hydrogen (secondary N) is 1. The molecule has 1 N–H and O–H groups in total. The van der Waals surface area contributed by atoms with E-state index in [1.54, 1.807) is 78.9 Å². The summed E-state index contributed by atoms with van der Waals surface area (Å²) in [6.07, 6.45) is -0.154. The van der Waals surface area contributed by atoms with Crippen LogP contribution in [0.25, 0.3) is 0 Å². The summed E-state index contributed by atoms with van der Waals surface area (Å²) >= 11 is 0. The Kier molecular flexibility index (Phi) is 8.64. The second-order valence-electron chi connectivity index (χ2n) is 9.31. The summed E-state index contributed by atoms with van der Waals surface area (Å²) < 4.78 is 44.1. The predicted molar refractivity (Wildman–Crippen MR) is 149 cm³/mol. The summed E-state index contributed by atoms with van der Waals surface area (Å²) in [4.78, 5) is 27.1. The lowest BCUT2D eigenvalue weighted by molar-refractivity contribution is 0.0891. The molecule has 0 aromatic heterocycles. The standard InChI is InChI=1S/C32H28FNO4S/c1-22-16-18-28(19-17-22)39(37,38)34-30(26-14-9-15-27(33)21-26)29(32(36)25-12-7-4-8-13-25)20-23(2)31(35)24-10-5-3-6-11-24/h3-19,21,29-30,34H,2,20H2,1H3/t29-,30+/m0/s1. The lowest BCUT2D eigenvalue weighted by Gasteiger charge is -2.28. The zero-order chi connectivity index (χ0) is 28.0. The molecule has 198 valence electrons. The molecule has 7 heteroatoms. The fourth-order valence-corrected chi connectivity index (χ4v) is 5.63. The molecule has 0 unspecified atom stereocenters. The first-order chi connectivity index (χ1) is 18.7. The van der Waals surface area contributed by atoms with Crippen molar-refractivity contribution in [2.45, 2.75) is 24.3 Å². The third-order valence-corrected chi connectivity index (χ3v) is 7.90. The smallest absolute Gasteiger partial charge is 0.241 e. The van der Waals surface area contributed by atoms with Gasteiger partial charge >= 0.3 is 0 Å². The molecule has 0 aliphatic rings. The topological polar surface area (TPSA) is 80.3 Å². The molecule has 0 fully saturated rings. The van der Waals surface area contributed by atoms with Gasteiger partial charge in [0.05, 0.1) is 10.9 Å². The number of hydrogen-bond acceptors (Lipinski definition) is 4. The van der Waals surface area contributed by atoms with Gasteiger partial charge < -0.3 is 0 Å². The summed E-state index contributed by atoms with van der Waals surface area (Å²) in [5, 5.41) is 0. The van der Waals surface area contributed by atoms with Crippen molar-refractivity contribution < 1.29 is 22.4 Å². The number of rotatable bonds is 11. The van der Waals surface area contributed by atoms with E-state index in [-0.39, 0.29) is 28.2 Å². The van der Waals surface area contributed by atoms with Crippen molar-refractivity contribution in [1.82, 2.24) is 4.72 Å². The third kappa shape index (κ3) is 6.82. The molecule has 0 heterocycles.